The van der Waals surface area contributed by atoms with E-state index in [0.717, 1.165) is 6.42 Å². The quantitative estimate of drug-likeness (QED) is 0.900. The number of nitrogens with zero attached hydrogens (tertiary/aromatic N) is 1. The molecule has 102 valence electrons. The van der Waals surface area contributed by atoms with Crippen molar-refractivity contribution in [2.75, 3.05) is 16.8 Å². The molecule has 1 aliphatic heterocycles. The molecule has 0 amide bonds. The van der Waals surface area contributed by atoms with E-state index in [9.17, 15) is 12.8 Å². The van der Waals surface area contributed by atoms with Crippen LogP contribution in [0.25, 0.3) is 0 Å². The van der Waals surface area contributed by atoms with Crippen molar-refractivity contribution in [2.45, 2.75) is 25.8 Å². The molecule has 0 bridgehead atoms. The lowest BCUT2D eigenvalue weighted by atomic mass is 10.1. The summed E-state index contributed by atoms with van der Waals surface area (Å²) in [6, 6.07) is 4.41. The predicted octanol–water partition coefficient (Wildman–Crippen LogP) is 1.99. The second-order valence-corrected chi connectivity index (χ2v) is 7.07. The lowest BCUT2D eigenvalue weighted by Gasteiger charge is -2.25. The second-order valence-electron chi connectivity index (χ2n) is 4.84. The van der Waals surface area contributed by atoms with Crippen LogP contribution < -0.4 is 5.32 Å². The number of benzene rings is 1. The molecular formula is C13H15FN2O2S. The molecule has 2 rings (SSSR count). The monoisotopic (exact) mass is 282 g/mol. The third-order valence-corrected chi connectivity index (χ3v) is 5.12. The number of rotatable bonds is 2. The molecule has 0 radical (unpaired) electrons. The minimum Gasteiger partial charge on any atom is -0.381 e. The van der Waals surface area contributed by atoms with Gasteiger partial charge in [0.15, 0.2) is 9.84 Å². The van der Waals surface area contributed by atoms with E-state index in [4.69, 9.17) is 5.26 Å². The van der Waals surface area contributed by atoms with Crippen LogP contribution in [0.2, 0.25) is 0 Å². The number of nitrogens with one attached hydrogen (secondary N) is 1. The van der Waals surface area contributed by atoms with E-state index in [1.165, 1.54) is 6.07 Å². The first kappa shape index (κ1) is 13.8. The Kier molecular flexibility index (Phi) is 3.76. The van der Waals surface area contributed by atoms with Crippen LogP contribution in [0.5, 0.6) is 0 Å². The Balaban J connectivity index is 2.24. The van der Waals surface area contributed by atoms with E-state index in [-0.39, 0.29) is 23.1 Å². The Morgan fingerprint density at radius 1 is 1.47 bits per heavy atom. The normalized spacial score (nSPS) is 21.6. The largest absolute Gasteiger partial charge is 0.381 e. The summed E-state index contributed by atoms with van der Waals surface area (Å²) in [6.45, 7) is 1.61. The van der Waals surface area contributed by atoms with Crippen LogP contribution in [0.3, 0.4) is 0 Å². The summed E-state index contributed by atoms with van der Waals surface area (Å²) in [4.78, 5) is 0. The Morgan fingerprint density at radius 3 is 2.84 bits per heavy atom. The van der Waals surface area contributed by atoms with Gasteiger partial charge in [0, 0.05) is 17.3 Å². The summed E-state index contributed by atoms with van der Waals surface area (Å²) in [6.07, 6.45) is 1.34. The molecule has 1 atom stereocenters. The predicted molar refractivity (Wildman–Crippen MR) is 71.2 cm³/mol. The molecule has 6 heteroatoms. The van der Waals surface area contributed by atoms with E-state index >= 15 is 0 Å². The molecule has 1 saturated heterocycles. The molecule has 1 aromatic rings. The molecule has 0 saturated carbocycles. The average molecular weight is 282 g/mol. The molecule has 1 fully saturated rings. The van der Waals surface area contributed by atoms with Gasteiger partial charge in [-0.1, -0.05) is 0 Å². The van der Waals surface area contributed by atoms with Crippen molar-refractivity contribution < 1.29 is 12.8 Å². The van der Waals surface area contributed by atoms with E-state index < -0.39 is 15.7 Å². The summed E-state index contributed by atoms with van der Waals surface area (Å²) >= 11 is 0. The van der Waals surface area contributed by atoms with Crippen LogP contribution in [-0.2, 0) is 9.84 Å². The maximum atomic E-state index is 13.6. The smallest absolute Gasteiger partial charge is 0.152 e. The molecule has 1 aliphatic rings. The Labute approximate surface area is 112 Å². The van der Waals surface area contributed by atoms with E-state index in [1.807, 2.05) is 6.07 Å². The number of hydrogen-bond acceptors (Lipinski definition) is 4. The topological polar surface area (TPSA) is 70.0 Å². The fraction of sp³-hybridized carbons (Fsp3) is 0.462. The molecule has 1 unspecified atom stereocenters. The molecule has 1 N–H and O–H groups in total. The van der Waals surface area contributed by atoms with Crippen molar-refractivity contribution in [3.05, 3.63) is 29.1 Å². The molecule has 0 aliphatic carbocycles. The van der Waals surface area contributed by atoms with Crippen LogP contribution in [0.4, 0.5) is 10.1 Å². The number of sulfone groups is 1. The fourth-order valence-electron chi connectivity index (χ4n) is 2.25. The van der Waals surface area contributed by atoms with Gasteiger partial charge in [-0.2, -0.15) is 5.26 Å². The standard InChI is InChI=1S/C13H15FN2O2S/c1-9-12(14)5-10(7-15)6-13(9)16-11-3-2-4-19(17,18)8-11/h5-6,11,16H,2-4,8H2,1H3. The van der Waals surface area contributed by atoms with Gasteiger partial charge < -0.3 is 5.32 Å². The highest BCUT2D eigenvalue weighted by Crippen LogP contribution is 2.24. The average Bonchev–Trinajstić information content (AvgIpc) is 2.33. The van der Waals surface area contributed by atoms with Crippen LogP contribution in [0.15, 0.2) is 12.1 Å². The highest BCUT2D eigenvalue weighted by Gasteiger charge is 2.25. The molecule has 1 aromatic carbocycles. The fourth-order valence-corrected chi connectivity index (χ4v) is 3.89. The number of nitriles is 1. The van der Waals surface area contributed by atoms with Gasteiger partial charge in [0.1, 0.15) is 5.82 Å². The first-order valence-corrected chi connectivity index (χ1v) is 7.90. The number of halogens is 1. The summed E-state index contributed by atoms with van der Waals surface area (Å²) in [5, 5.41) is 11.9. The van der Waals surface area contributed by atoms with E-state index in [0.29, 0.717) is 17.7 Å². The van der Waals surface area contributed by atoms with Crippen LogP contribution in [0, 0.1) is 24.1 Å². The minimum absolute atomic E-state index is 0.0604. The van der Waals surface area contributed by atoms with Crippen molar-refractivity contribution >= 4 is 15.5 Å². The maximum Gasteiger partial charge on any atom is 0.152 e. The van der Waals surface area contributed by atoms with Gasteiger partial charge in [0.05, 0.1) is 23.1 Å². The lowest BCUT2D eigenvalue weighted by molar-refractivity contribution is 0.561. The molecule has 19 heavy (non-hydrogen) atoms. The van der Waals surface area contributed by atoms with Gasteiger partial charge in [-0.3, -0.25) is 0 Å². The lowest BCUT2D eigenvalue weighted by Crippen LogP contribution is -2.35. The highest BCUT2D eigenvalue weighted by atomic mass is 32.2. The van der Waals surface area contributed by atoms with Gasteiger partial charge >= 0.3 is 0 Å². The summed E-state index contributed by atoms with van der Waals surface area (Å²) in [5.41, 5.74) is 1.13. The molecule has 0 spiro atoms. The zero-order valence-electron chi connectivity index (χ0n) is 10.6. The highest BCUT2D eigenvalue weighted by molar-refractivity contribution is 7.91. The molecule has 0 aromatic heterocycles. The first-order chi connectivity index (χ1) is 8.91. The van der Waals surface area contributed by atoms with Crippen LogP contribution in [0.1, 0.15) is 24.0 Å². The van der Waals surface area contributed by atoms with Crippen molar-refractivity contribution in [3.8, 4) is 6.07 Å². The number of anilines is 1. The summed E-state index contributed by atoms with van der Waals surface area (Å²) in [7, 11) is -3.01. The number of hydrogen-bond donors (Lipinski definition) is 1. The van der Waals surface area contributed by atoms with Gasteiger partial charge in [-0.25, -0.2) is 12.8 Å². The molecule has 1 heterocycles. The Bertz CT molecular complexity index is 635. The van der Waals surface area contributed by atoms with Gasteiger partial charge in [-0.15, -0.1) is 0 Å². The molecule has 4 nitrogen and oxygen atoms in total. The summed E-state index contributed by atoms with van der Waals surface area (Å²) < 4.78 is 36.7. The van der Waals surface area contributed by atoms with Gasteiger partial charge in [0.25, 0.3) is 0 Å². The van der Waals surface area contributed by atoms with Crippen molar-refractivity contribution in [1.29, 1.82) is 5.26 Å². The maximum absolute atomic E-state index is 13.6. The van der Waals surface area contributed by atoms with E-state index in [2.05, 4.69) is 5.32 Å². The van der Waals surface area contributed by atoms with Crippen molar-refractivity contribution in [2.24, 2.45) is 0 Å². The minimum atomic E-state index is -3.01. The Morgan fingerprint density at radius 2 is 2.21 bits per heavy atom. The third-order valence-electron chi connectivity index (χ3n) is 3.30. The van der Waals surface area contributed by atoms with Crippen molar-refractivity contribution in [3.63, 3.8) is 0 Å². The Hall–Kier alpha value is -1.61. The zero-order valence-corrected chi connectivity index (χ0v) is 11.4. The zero-order chi connectivity index (χ0) is 14.0. The SMILES string of the molecule is Cc1c(F)cc(C#N)cc1NC1CCCS(=O)(=O)C1. The third kappa shape index (κ3) is 3.24. The van der Waals surface area contributed by atoms with Crippen molar-refractivity contribution in [1.82, 2.24) is 0 Å². The molecular weight excluding hydrogens is 267 g/mol. The van der Waals surface area contributed by atoms with Crippen LogP contribution in [-0.4, -0.2) is 26.0 Å². The van der Waals surface area contributed by atoms with Gasteiger partial charge in [-0.05, 0) is 31.9 Å². The van der Waals surface area contributed by atoms with Crippen LogP contribution >= 0.6 is 0 Å². The first-order valence-electron chi connectivity index (χ1n) is 6.08. The van der Waals surface area contributed by atoms with E-state index in [1.54, 1.807) is 13.0 Å². The van der Waals surface area contributed by atoms with Gasteiger partial charge in [0.2, 0.25) is 0 Å². The second kappa shape index (κ2) is 5.17. The summed E-state index contributed by atoms with van der Waals surface area (Å²) in [5.74, 6) is -0.179.